The minimum atomic E-state index is -0.0597. The Balaban J connectivity index is 1.59. The largest absolute Gasteiger partial charge is 0.492 e. The van der Waals surface area contributed by atoms with Crippen molar-refractivity contribution in [1.29, 1.82) is 0 Å². The Kier molecular flexibility index (Phi) is 5.47. The minimum Gasteiger partial charge on any atom is -0.492 e. The lowest BCUT2D eigenvalue weighted by Crippen LogP contribution is -2.31. The highest BCUT2D eigenvalue weighted by Gasteiger charge is 2.17. The number of nitrogens with zero attached hydrogens (tertiary/aromatic N) is 3. The number of benzene rings is 2. The molecule has 5 nitrogen and oxygen atoms in total. The highest BCUT2D eigenvalue weighted by atomic mass is 16.5. The summed E-state index contributed by atoms with van der Waals surface area (Å²) in [5.41, 5.74) is 3.10. The molecule has 0 atom stereocenters. The number of amides is 1. The van der Waals surface area contributed by atoms with Gasteiger partial charge in [0.1, 0.15) is 12.4 Å². The van der Waals surface area contributed by atoms with E-state index in [-0.39, 0.29) is 5.91 Å². The maximum absolute atomic E-state index is 13.2. The molecule has 0 bridgehead atoms. The molecule has 2 aromatic carbocycles. The van der Waals surface area contributed by atoms with Crippen LogP contribution in [0.25, 0.3) is 22.2 Å². The predicted molar refractivity (Wildman–Crippen MR) is 114 cm³/mol. The maximum atomic E-state index is 13.2. The Morgan fingerprint density at radius 1 is 0.966 bits per heavy atom. The number of para-hydroxylation sites is 2. The highest BCUT2D eigenvalue weighted by Crippen LogP contribution is 2.25. The number of likely N-dealkylation sites (N-methyl/N-ethyl adjacent to an activating group) is 1. The first-order valence-electron chi connectivity index (χ1n) is 9.46. The van der Waals surface area contributed by atoms with Gasteiger partial charge in [-0.25, -0.2) is 4.98 Å². The zero-order valence-electron chi connectivity index (χ0n) is 16.2. The molecule has 0 unspecified atom stereocenters. The molecule has 0 fully saturated rings. The molecule has 29 heavy (non-hydrogen) atoms. The minimum absolute atomic E-state index is 0.0597. The molecule has 2 aromatic heterocycles. The van der Waals surface area contributed by atoms with Crippen molar-refractivity contribution < 1.29 is 9.53 Å². The number of hydrogen-bond donors (Lipinski definition) is 0. The topological polar surface area (TPSA) is 55.3 Å². The number of carbonyl (C=O) groups is 1. The summed E-state index contributed by atoms with van der Waals surface area (Å²) in [5.74, 6) is 0.734. The van der Waals surface area contributed by atoms with Crippen molar-refractivity contribution in [2.45, 2.75) is 0 Å². The second kappa shape index (κ2) is 8.52. The molecule has 0 radical (unpaired) electrons. The van der Waals surface area contributed by atoms with E-state index in [0.717, 1.165) is 27.9 Å². The van der Waals surface area contributed by atoms with Crippen molar-refractivity contribution in [2.75, 3.05) is 20.2 Å². The van der Waals surface area contributed by atoms with Crippen LogP contribution < -0.4 is 4.74 Å². The van der Waals surface area contributed by atoms with Gasteiger partial charge in [-0.05, 0) is 36.4 Å². The maximum Gasteiger partial charge on any atom is 0.254 e. The predicted octanol–water partition coefficient (Wildman–Crippen LogP) is 4.45. The van der Waals surface area contributed by atoms with Crippen molar-refractivity contribution in [3.8, 4) is 17.0 Å². The van der Waals surface area contributed by atoms with Crippen molar-refractivity contribution in [2.24, 2.45) is 0 Å². The molecule has 1 amide bonds. The van der Waals surface area contributed by atoms with Crippen LogP contribution in [0.15, 0.2) is 85.2 Å². The number of pyridine rings is 2. The molecule has 4 aromatic rings. The zero-order valence-corrected chi connectivity index (χ0v) is 16.2. The van der Waals surface area contributed by atoms with Crippen LogP contribution in [-0.2, 0) is 0 Å². The summed E-state index contributed by atoms with van der Waals surface area (Å²) in [6.07, 6.45) is 3.45. The molecule has 4 rings (SSSR count). The van der Waals surface area contributed by atoms with Gasteiger partial charge in [-0.15, -0.1) is 0 Å². The van der Waals surface area contributed by atoms with Gasteiger partial charge in [0.2, 0.25) is 0 Å². The molecule has 0 aliphatic heterocycles. The van der Waals surface area contributed by atoms with Crippen LogP contribution in [0.2, 0.25) is 0 Å². The van der Waals surface area contributed by atoms with Gasteiger partial charge in [0.25, 0.3) is 5.91 Å². The first-order chi connectivity index (χ1) is 14.2. The molecule has 0 aliphatic rings. The summed E-state index contributed by atoms with van der Waals surface area (Å²) in [4.78, 5) is 23.7. The van der Waals surface area contributed by atoms with Crippen LogP contribution in [0.3, 0.4) is 0 Å². The third-order valence-corrected chi connectivity index (χ3v) is 4.71. The van der Waals surface area contributed by atoms with Gasteiger partial charge in [0, 0.05) is 30.4 Å². The molecular formula is C24H21N3O2. The van der Waals surface area contributed by atoms with Crippen LogP contribution in [0.5, 0.6) is 5.75 Å². The molecule has 2 heterocycles. The number of rotatable bonds is 6. The van der Waals surface area contributed by atoms with Crippen LogP contribution in [0, 0.1) is 0 Å². The van der Waals surface area contributed by atoms with E-state index in [1.807, 2.05) is 72.8 Å². The number of ether oxygens (including phenoxy) is 1. The van der Waals surface area contributed by atoms with Crippen LogP contribution in [0.4, 0.5) is 0 Å². The molecule has 0 spiro atoms. The first kappa shape index (κ1) is 18.6. The number of hydrogen-bond acceptors (Lipinski definition) is 4. The summed E-state index contributed by atoms with van der Waals surface area (Å²) in [5, 5.41) is 0.839. The lowest BCUT2D eigenvalue weighted by molar-refractivity contribution is 0.0775. The number of aromatic nitrogens is 2. The third kappa shape index (κ3) is 4.24. The van der Waals surface area contributed by atoms with Gasteiger partial charge in [0.05, 0.1) is 23.3 Å². The average Bonchev–Trinajstić information content (AvgIpc) is 2.79. The van der Waals surface area contributed by atoms with E-state index in [2.05, 4.69) is 4.98 Å². The SMILES string of the molecule is CN(CCOc1ccccc1)C(=O)c1cc(-c2ccncc2)nc2ccccc12. The summed E-state index contributed by atoms with van der Waals surface area (Å²) in [6, 6.07) is 22.9. The molecule has 0 saturated carbocycles. The molecule has 0 aliphatic carbocycles. The van der Waals surface area contributed by atoms with E-state index in [0.29, 0.717) is 18.7 Å². The Morgan fingerprint density at radius 3 is 2.48 bits per heavy atom. The van der Waals surface area contributed by atoms with Crippen LogP contribution in [0.1, 0.15) is 10.4 Å². The second-order valence-corrected chi connectivity index (χ2v) is 6.70. The van der Waals surface area contributed by atoms with Gasteiger partial charge in [0.15, 0.2) is 0 Å². The molecule has 5 heteroatoms. The fraction of sp³-hybridized carbons (Fsp3) is 0.125. The van der Waals surface area contributed by atoms with Crippen molar-refractivity contribution in [3.63, 3.8) is 0 Å². The van der Waals surface area contributed by atoms with E-state index in [1.54, 1.807) is 24.3 Å². The van der Waals surface area contributed by atoms with Crippen LogP contribution in [-0.4, -0.2) is 41.0 Å². The molecular weight excluding hydrogens is 362 g/mol. The zero-order chi connectivity index (χ0) is 20.1. The van der Waals surface area contributed by atoms with E-state index < -0.39 is 0 Å². The number of carbonyl (C=O) groups excluding carboxylic acids is 1. The fourth-order valence-corrected chi connectivity index (χ4v) is 3.15. The number of fused-ring (bicyclic) bond motifs is 1. The third-order valence-electron chi connectivity index (χ3n) is 4.71. The monoisotopic (exact) mass is 383 g/mol. The van der Waals surface area contributed by atoms with Gasteiger partial charge in [-0.1, -0.05) is 36.4 Å². The fourth-order valence-electron chi connectivity index (χ4n) is 3.15. The van der Waals surface area contributed by atoms with Crippen molar-refractivity contribution in [3.05, 3.63) is 90.8 Å². The molecule has 144 valence electrons. The molecule has 0 N–H and O–H groups in total. The smallest absolute Gasteiger partial charge is 0.254 e. The summed E-state index contributed by atoms with van der Waals surface area (Å²) in [6.45, 7) is 0.904. The van der Waals surface area contributed by atoms with Gasteiger partial charge in [-0.2, -0.15) is 0 Å². The Bertz CT molecular complexity index is 1110. The van der Waals surface area contributed by atoms with E-state index in [4.69, 9.17) is 9.72 Å². The molecule has 0 saturated heterocycles. The van der Waals surface area contributed by atoms with Crippen molar-refractivity contribution >= 4 is 16.8 Å². The van der Waals surface area contributed by atoms with E-state index in [1.165, 1.54) is 0 Å². The summed E-state index contributed by atoms with van der Waals surface area (Å²) in [7, 11) is 1.79. The second-order valence-electron chi connectivity index (χ2n) is 6.70. The Morgan fingerprint density at radius 2 is 1.69 bits per heavy atom. The standard InChI is InChI=1S/C24H21N3O2/c1-27(15-16-29-19-7-3-2-4-8-19)24(28)21-17-23(18-11-13-25-14-12-18)26-22-10-6-5-9-20(21)22/h2-14,17H,15-16H2,1H3. The summed E-state index contributed by atoms with van der Waals surface area (Å²) < 4.78 is 5.73. The Labute approximate surface area is 169 Å². The van der Waals surface area contributed by atoms with E-state index >= 15 is 0 Å². The van der Waals surface area contributed by atoms with Gasteiger partial charge >= 0.3 is 0 Å². The quantitative estimate of drug-likeness (QED) is 0.494. The Hall–Kier alpha value is -3.73. The van der Waals surface area contributed by atoms with Crippen LogP contribution >= 0.6 is 0 Å². The normalized spacial score (nSPS) is 10.7. The highest BCUT2D eigenvalue weighted by molar-refractivity contribution is 6.07. The van der Waals surface area contributed by atoms with Crippen molar-refractivity contribution in [1.82, 2.24) is 14.9 Å². The first-order valence-corrected chi connectivity index (χ1v) is 9.46. The van der Waals surface area contributed by atoms with Gasteiger partial charge < -0.3 is 9.64 Å². The lowest BCUT2D eigenvalue weighted by Gasteiger charge is -2.19. The van der Waals surface area contributed by atoms with Gasteiger partial charge in [-0.3, -0.25) is 9.78 Å². The average molecular weight is 383 g/mol. The van der Waals surface area contributed by atoms with E-state index in [9.17, 15) is 4.79 Å². The summed E-state index contributed by atoms with van der Waals surface area (Å²) >= 11 is 0. The lowest BCUT2D eigenvalue weighted by atomic mass is 10.0.